The molecule has 100 valence electrons. The average molecular weight is 250 g/mol. The molecule has 0 aliphatic rings. The van der Waals surface area contributed by atoms with E-state index < -0.39 is 6.09 Å². The van der Waals surface area contributed by atoms with Crippen molar-refractivity contribution < 1.29 is 9.90 Å². The van der Waals surface area contributed by atoms with Gasteiger partial charge in [0.15, 0.2) is 0 Å². The Morgan fingerprint density at radius 1 is 1.22 bits per heavy atom. The third-order valence-corrected chi connectivity index (χ3v) is 2.91. The molecule has 1 aromatic rings. The van der Waals surface area contributed by atoms with E-state index in [0.29, 0.717) is 6.54 Å². The minimum atomic E-state index is -0.895. The van der Waals surface area contributed by atoms with Crippen LogP contribution in [0.3, 0.4) is 0 Å². The SMILES string of the molecule is CCCN(C(=O)O)c1cc(C)c(N(C)C)c(C)c1. The van der Waals surface area contributed by atoms with Crippen LogP contribution >= 0.6 is 0 Å². The highest BCUT2D eigenvalue weighted by Crippen LogP contribution is 2.29. The Morgan fingerprint density at radius 3 is 2.06 bits per heavy atom. The third kappa shape index (κ3) is 2.94. The molecule has 0 saturated carbocycles. The van der Waals surface area contributed by atoms with Crippen LogP contribution in [0.5, 0.6) is 0 Å². The van der Waals surface area contributed by atoms with Crippen LogP contribution in [-0.2, 0) is 0 Å². The van der Waals surface area contributed by atoms with Gasteiger partial charge in [0.05, 0.1) is 0 Å². The van der Waals surface area contributed by atoms with Crippen LogP contribution in [0, 0.1) is 13.8 Å². The second-order valence-corrected chi connectivity index (χ2v) is 4.76. The zero-order chi connectivity index (χ0) is 13.9. The summed E-state index contributed by atoms with van der Waals surface area (Å²) in [5.41, 5.74) is 4.10. The van der Waals surface area contributed by atoms with E-state index in [1.165, 1.54) is 4.90 Å². The summed E-state index contributed by atoms with van der Waals surface area (Å²) in [6.45, 7) is 6.52. The summed E-state index contributed by atoms with van der Waals surface area (Å²) in [7, 11) is 3.99. The fraction of sp³-hybridized carbons (Fsp3) is 0.500. The molecule has 0 aliphatic carbocycles. The van der Waals surface area contributed by atoms with Crippen LogP contribution in [0.1, 0.15) is 24.5 Å². The van der Waals surface area contributed by atoms with Gasteiger partial charge in [-0.2, -0.15) is 0 Å². The van der Waals surface area contributed by atoms with Gasteiger partial charge in [-0.05, 0) is 43.5 Å². The number of carbonyl (C=O) groups is 1. The molecule has 0 radical (unpaired) electrons. The minimum Gasteiger partial charge on any atom is -0.465 e. The quantitative estimate of drug-likeness (QED) is 0.892. The second-order valence-electron chi connectivity index (χ2n) is 4.76. The van der Waals surface area contributed by atoms with E-state index in [4.69, 9.17) is 0 Å². The van der Waals surface area contributed by atoms with E-state index in [1.54, 1.807) is 0 Å². The van der Waals surface area contributed by atoms with Crippen molar-refractivity contribution in [1.82, 2.24) is 0 Å². The van der Waals surface area contributed by atoms with Gasteiger partial charge in [-0.1, -0.05) is 6.92 Å². The van der Waals surface area contributed by atoms with E-state index in [2.05, 4.69) is 4.90 Å². The molecule has 18 heavy (non-hydrogen) atoms. The summed E-state index contributed by atoms with van der Waals surface area (Å²) in [6.07, 6.45) is -0.0898. The standard InChI is InChI=1S/C14H22N2O2/c1-6-7-16(14(17)18)12-8-10(2)13(15(4)5)11(3)9-12/h8-9H,6-7H2,1-5H3,(H,17,18). The Hall–Kier alpha value is -1.71. The molecule has 0 bridgehead atoms. The lowest BCUT2D eigenvalue weighted by Gasteiger charge is -2.24. The first-order valence-electron chi connectivity index (χ1n) is 6.17. The predicted molar refractivity (Wildman–Crippen MR) is 75.9 cm³/mol. The Morgan fingerprint density at radius 2 is 1.72 bits per heavy atom. The van der Waals surface area contributed by atoms with Crippen LogP contribution in [0.25, 0.3) is 0 Å². The minimum absolute atomic E-state index is 0.523. The molecule has 0 aliphatic heterocycles. The molecule has 4 heteroatoms. The molecule has 0 saturated heterocycles. The zero-order valence-corrected chi connectivity index (χ0v) is 11.8. The van der Waals surface area contributed by atoms with Gasteiger partial charge in [-0.15, -0.1) is 0 Å². The lowest BCUT2D eigenvalue weighted by atomic mass is 10.1. The highest BCUT2D eigenvalue weighted by atomic mass is 16.4. The molecule has 1 rings (SSSR count). The van der Waals surface area contributed by atoms with Gasteiger partial charge < -0.3 is 10.0 Å². The van der Waals surface area contributed by atoms with E-state index in [-0.39, 0.29) is 0 Å². The number of benzene rings is 1. The van der Waals surface area contributed by atoms with Crippen LogP contribution < -0.4 is 9.80 Å². The molecule has 0 spiro atoms. The van der Waals surface area contributed by atoms with E-state index >= 15 is 0 Å². The van der Waals surface area contributed by atoms with Gasteiger partial charge in [0.2, 0.25) is 0 Å². The molecular weight excluding hydrogens is 228 g/mol. The Kier molecular flexibility index (Phi) is 4.59. The number of carboxylic acid groups (broad SMARTS) is 1. The van der Waals surface area contributed by atoms with Crippen molar-refractivity contribution in [2.24, 2.45) is 0 Å². The number of hydrogen-bond donors (Lipinski definition) is 1. The van der Waals surface area contributed by atoms with Gasteiger partial charge in [0, 0.05) is 32.0 Å². The molecule has 4 nitrogen and oxygen atoms in total. The maximum absolute atomic E-state index is 11.2. The van der Waals surface area contributed by atoms with Crippen molar-refractivity contribution in [2.45, 2.75) is 27.2 Å². The fourth-order valence-corrected chi connectivity index (χ4v) is 2.35. The molecule has 1 amide bonds. The number of anilines is 2. The number of nitrogens with zero attached hydrogens (tertiary/aromatic N) is 2. The Balaban J connectivity index is 3.23. The molecular formula is C14H22N2O2. The van der Waals surface area contributed by atoms with Crippen LogP contribution in [0.4, 0.5) is 16.2 Å². The lowest BCUT2D eigenvalue weighted by molar-refractivity contribution is 0.202. The lowest BCUT2D eigenvalue weighted by Crippen LogP contribution is -2.30. The number of rotatable bonds is 4. The van der Waals surface area contributed by atoms with Crippen molar-refractivity contribution in [2.75, 3.05) is 30.4 Å². The summed E-state index contributed by atoms with van der Waals surface area (Å²) < 4.78 is 0. The molecule has 1 N–H and O–H groups in total. The van der Waals surface area contributed by atoms with E-state index in [1.807, 2.05) is 47.0 Å². The van der Waals surface area contributed by atoms with E-state index in [0.717, 1.165) is 28.9 Å². The summed E-state index contributed by atoms with van der Waals surface area (Å²) in [4.78, 5) is 14.7. The predicted octanol–water partition coefficient (Wildman–Crippen LogP) is 3.26. The van der Waals surface area contributed by atoms with Gasteiger partial charge in [-0.25, -0.2) is 4.79 Å². The largest absolute Gasteiger partial charge is 0.465 e. The third-order valence-electron chi connectivity index (χ3n) is 2.91. The Labute approximate surface area is 109 Å². The van der Waals surface area contributed by atoms with Gasteiger partial charge in [-0.3, -0.25) is 4.90 Å². The topological polar surface area (TPSA) is 43.8 Å². The van der Waals surface area contributed by atoms with Crippen molar-refractivity contribution >= 4 is 17.5 Å². The molecule has 0 unspecified atom stereocenters. The smallest absolute Gasteiger partial charge is 0.411 e. The first-order valence-corrected chi connectivity index (χ1v) is 6.17. The van der Waals surface area contributed by atoms with Crippen molar-refractivity contribution in [3.05, 3.63) is 23.3 Å². The number of amides is 1. The van der Waals surface area contributed by atoms with E-state index in [9.17, 15) is 9.90 Å². The van der Waals surface area contributed by atoms with Crippen LogP contribution in [0.2, 0.25) is 0 Å². The average Bonchev–Trinajstić information content (AvgIpc) is 2.23. The van der Waals surface area contributed by atoms with Crippen molar-refractivity contribution in [1.29, 1.82) is 0 Å². The van der Waals surface area contributed by atoms with Crippen LogP contribution in [-0.4, -0.2) is 31.8 Å². The molecule has 0 aromatic heterocycles. The Bertz CT molecular complexity index is 418. The van der Waals surface area contributed by atoms with Crippen molar-refractivity contribution in [3.63, 3.8) is 0 Å². The summed E-state index contributed by atoms with van der Waals surface area (Å²) in [5, 5.41) is 9.23. The van der Waals surface area contributed by atoms with Gasteiger partial charge in [0.1, 0.15) is 0 Å². The first kappa shape index (κ1) is 14.4. The zero-order valence-electron chi connectivity index (χ0n) is 11.8. The number of hydrogen-bond acceptors (Lipinski definition) is 2. The summed E-state index contributed by atoms with van der Waals surface area (Å²) in [5.74, 6) is 0. The highest BCUT2D eigenvalue weighted by molar-refractivity contribution is 5.87. The molecule has 1 aromatic carbocycles. The monoisotopic (exact) mass is 250 g/mol. The number of aryl methyl sites for hydroxylation is 2. The maximum Gasteiger partial charge on any atom is 0.411 e. The normalized spacial score (nSPS) is 10.3. The maximum atomic E-state index is 11.2. The molecule has 0 atom stereocenters. The van der Waals surface area contributed by atoms with Gasteiger partial charge in [0.25, 0.3) is 0 Å². The van der Waals surface area contributed by atoms with Gasteiger partial charge >= 0.3 is 6.09 Å². The van der Waals surface area contributed by atoms with Crippen LogP contribution in [0.15, 0.2) is 12.1 Å². The fourth-order valence-electron chi connectivity index (χ4n) is 2.35. The highest BCUT2D eigenvalue weighted by Gasteiger charge is 2.16. The molecule has 0 fully saturated rings. The summed E-state index contributed by atoms with van der Waals surface area (Å²) in [6, 6.07) is 3.87. The first-order chi connectivity index (χ1) is 8.38. The van der Waals surface area contributed by atoms with Crippen molar-refractivity contribution in [3.8, 4) is 0 Å². The summed E-state index contributed by atoms with van der Waals surface area (Å²) >= 11 is 0. The molecule has 0 heterocycles. The second kappa shape index (κ2) is 5.76.